The van der Waals surface area contributed by atoms with Crippen LogP contribution in [-0.4, -0.2) is 50.2 Å². The highest BCUT2D eigenvalue weighted by molar-refractivity contribution is 5.33. The Morgan fingerprint density at radius 3 is 2.79 bits per heavy atom. The number of nitrogens with one attached hydrogen (secondary N) is 1. The quantitative estimate of drug-likeness (QED) is 0.474. The third kappa shape index (κ3) is 2.52. The van der Waals surface area contributed by atoms with E-state index in [-0.39, 0.29) is 11.4 Å². The van der Waals surface area contributed by atoms with Crippen molar-refractivity contribution in [2.75, 3.05) is 6.61 Å². The lowest BCUT2D eigenvalue weighted by molar-refractivity contribution is -0.0241. The number of H-pyrrole nitrogens is 1. The Labute approximate surface area is 108 Å². The highest BCUT2D eigenvalue weighted by Gasteiger charge is 2.44. The van der Waals surface area contributed by atoms with E-state index in [9.17, 15) is 15.0 Å². The maximum Gasteiger partial charge on any atom is 0.267 e. The lowest BCUT2D eigenvalue weighted by atomic mass is 10.0. The number of aromatic amines is 1. The zero-order valence-electron chi connectivity index (χ0n) is 10.2. The van der Waals surface area contributed by atoms with Gasteiger partial charge in [-0.3, -0.25) is 4.79 Å². The minimum absolute atomic E-state index is 0.227. The first kappa shape index (κ1) is 13.7. The molecule has 0 aromatic carbocycles. The Morgan fingerprint density at radius 1 is 1.47 bits per heavy atom. The number of nitrogens with zero attached hydrogens (tertiary/aromatic N) is 1. The molecular formula is C12H14N2O5. The minimum atomic E-state index is -1.24. The molecule has 0 spiro atoms. The molecule has 0 radical (unpaired) electrons. The van der Waals surface area contributed by atoms with Gasteiger partial charge in [-0.1, -0.05) is 5.92 Å². The van der Waals surface area contributed by atoms with Gasteiger partial charge in [0, 0.05) is 0 Å². The molecule has 1 aliphatic rings. The van der Waals surface area contributed by atoms with Gasteiger partial charge in [0.2, 0.25) is 0 Å². The first-order valence-electron chi connectivity index (χ1n) is 5.73. The molecule has 2 heterocycles. The minimum Gasteiger partial charge on any atom is -0.394 e. The first-order chi connectivity index (χ1) is 9.08. The topological polar surface area (TPSA) is 116 Å². The molecule has 1 aliphatic heterocycles. The molecule has 1 unspecified atom stereocenters. The van der Waals surface area contributed by atoms with Crippen LogP contribution in [0.2, 0.25) is 0 Å². The van der Waals surface area contributed by atoms with Gasteiger partial charge in [0.15, 0.2) is 0 Å². The van der Waals surface area contributed by atoms with Crippen molar-refractivity contribution in [3.63, 3.8) is 0 Å². The van der Waals surface area contributed by atoms with Crippen molar-refractivity contribution >= 4 is 0 Å². The van der Waals surface area contributed by atoms with Gasteiger partial charge in [-0.15, -0.1) is 0 Å². The van der Waals surface area contributed by atoms with Crippen LogP contribution in [0.3, 0.4) is 0 Å². The molecule has 4 atom stereocenters. The average Bonchev–Trinajstić information content (AvgIpc) is 2.67. The van der Waals surface area contributed by atoms with Crippen LogP contribution in [0.25, 0.3) is 0 Å². The molecular weight excluding hydrogens is 252 g/mol. The molecule has 0 amide bonds. The first-order valence-corrected chi connectivity index (χ1v) is 5.73. The Morgan fingerprint density at radius 2 is 2.21 bits per heavy atom. The second-order valence-corrected chi connectivity index (χ2v) is 4.14. The van der Waals surface area contributed by atoms with E-state index in [0.717, 1.165) is 6.20 Å². The van der Waals surface area contributed by atoms with Crippen LogP contribution in [0, 0.1) is 11.8 Å². The fraction of sp³-hybridized carbons (Fsp3) is 0.500. The summed E-state index contributed by atoms with van der Waals surface area (Å²) in [6.45, 7) is 1.17. The van der Waals surface area contributed by atoms with Crippen LogP contribution in [0.5, 0.6) is 0 Å². The van der Waals surface area contributed by atoms with Gasteiger partial charge in [-0.25, -0.2) is 4.98 Å². The molecule has 4 N–H and O–H groups in total. The number of aromatic nitrogens is 2. The summed E-state index contributed by atoms with van der Waals surface area (Å²) in [7, 11) is 0. The van der Waals surface area contributed by atoms with Crippen molar-refractivity contribution in [3.05, 3.63) is 27.9 Å². The number of aliphatic hydroxyl groups is 3. The zero-order chi connectivity index (χ0) is 14.0. The van der Waals surface area contributed by atoms with Crippen molar-refractivity contribution in [1.82, 2.24) is 9.97 Å². The van der Waals surface area contributed by atoms with Gasteiger partial charge in [0.1, 0.15) is 35.8 Å². The van der Waals surface area contributed by atoms with Gasteiger partial charge >= 0.3 is 0 Å². The van der Waals surface area contributed by atoms with Gasteiger partial charge in [0.05, 0.1) is 12.8 Å². The summed E-state index contributed by atoms with van der Waals surface area (Å²) in [5.74, 6) is 5.28. The van der Waals surface area contributed by atoms with Crippen molar-refractivity contribution in [2.24, 2.45) is 0 Å². The highest BCUT2D eigenvalue weighted by atomic mass is 16.6. The Balaban J connectivity index is 2.41. The lowest BCUT2D eigenvalue weighted by Crippen LogP contribution is -2.32. The van der Waals surface area contributed by atoms with Gasteiger partial charge < -0.3 is 25.0 Å². The molecule has 1 aromatic rings. The number of ether oxygens (including phenoxy) is 1. The van der Waals surface area contributed by atoms with Crippen LogP contribution in [-0.2, 0) is 4.74 Å². The standard InChI is InChI=1S/C12H14N2O5/c1-2-3-6-9(13-4-8(16)14-6)12-11(18)10(17)7(5-15)19-12/h4,7,10-12,15,17-18H,5H2,1H3,(H,14,16)/t7-,10?,11+,12+/m1/s1. The monoisotopic (exact) mass is 266 g/mol. The van der Waals surface area contributed by atoms with Crippen molar-refractivity contribution in [2.45, 2.75) is 31.3 Å². The molecule has 0 bridgehead atoms. The molecule has 0 saturated carbocycles. The largest absolute Gasteiger partial charge is 0.394 e. The second-order valence-electron chi connectivity index (χ2n) is 4.14. The molecule has 1 aromatic heterocycles. The molecule has 7 nitrogen and oxygen atoms in total. The van der Waals surface area contributed by atoms with E-state index in [1.54, 1.807) is 6.92 Å². The molecule has 1 fully saturated rings. The number of rotatable bonds is 2. The van der Waals surface area contributed by atoms with Crippen molar-refractivity contribution in [3.8, 4) is 11.8 Å². The highest BCUT2D eigenvalue weighted by Crippen LogP contribution is 2.33. The van der Waals surface area contributed by atoms with Crippen molar-refractivity contribution in [1.29, 1.82) is 0 Å². The molecule has 19 heavy (non-hydrogen) atoms. The fourth-order valence-electron chi connectivity index (χ4n) is 1.97. The van der Waals surface area contributed by atoms with Gasteiger partial charge in [-0.2, -0.15) is 0 Å². The third-order valence-corrected chi connectivity index (χ3v) is 2.89. The summed E-state index contributed by atoms with van der Waals surface area (Å²) < 4.78 is 5.35. The van der Waals surface area contributed by atoms with Crippen molar-refractivity contribution < 1.29 is 20.1 Å². The summed E-state index contributed by atoms with van der Waals surface area (Å²) in [4.78, 5) is 17.6. The van der Waals surface area contributed by atoms with Gasteiger partial charge in [0.25, 0.3) is 5.56 Å². The number of hydrogen-bond acceptors (Lipinski definition) is 6. The number of aliphatic hydroxyl groups excluding tert-OH is 3. The average molecular weight is 266 g/mol. The van der Waals surface area contributed by atoms with E-state index in [2.05, 4.69) is 21.8 Å². The fourth-order valence-corrected chi connectivity index (χ4v) is 1.97. The molecule has 7 heteroatoms. The molecule has 2 rings (SSSR count). The molecule has 0 aliphatic carbocycles. The second kappa shape index (κ2) is 5.50. The summed E-state index contributed by atoms with van der Waals surface area (Å²) in [5.41, 5.74) is 0.0366. The van der Waals surface area contributed by atoms with Crippen LogP contribution in [0.1, 0.15) is 24.4 Å². The van der Waals surface area contributed by atoms with E-state index in [1.807, 2.05) is 0 Å². The predicted molar refractivity (Wildman–Crippen MR) is 64.1 cm³/mol. The van der Waals surface area contributed by atoms with Gasteiger partial charge in [-0.05, 0) is 12.8 Å². The van der Waals surface area contributed by atoms with E-state index < -0.39 is 36.6 Å². The van der Waals surface area contributed by atoms with E-state index >= 15 is 0 Å². The predicted octanol–water partition coefficient (Wildman–Crippen LogP) is -1.70. The maximum atomic E-state index is 11.2. The SMILES string of the molecule is CC#Cc1[nH]c(=O)cnc1[C@@H]1O[C@H](CO)C(O)[C@@H]1O. The summed E-state index contributed by atoms with van der Waals surface area (Å²) in [6, 6.07) is 0. The van der Waals surface area contributed by atoms with Crippen LogP contribution < -0.4 is 5.56 Å². The summed E-state index contributed by atoms with van der Waals surface area (Å²) in [5, 5.41) is 28.6. The Hall–Kier alpha value is -1.72. The Bertz CT molecular complexity index is 573. The zero-order valence-corrected chi connectivity index (χ0v) is 10.2. The third-order valence-electron chi connectivity index (χ3n) is 2.89. The van der Waals surface area contributed by atoms with Crippen LogP contribution in [0.15, 0.2) is 11.0 Å². The summed E-state index contributed by atoms with van der Waals surface area (Å²) in [6.07, 6.45) is -3.25. The normalized spacial score (nSPS) is 29.9. The number of hydrogen-bond donors (Lipinski definition) is 4. The molecule has 1 saturated heterocycles. The van der Waals surface area contributed by atoms with E-state index in [1.165, 1.54) is 0 Å². The van der Waals surface area contributed by atoms with E-state index in [0.29, 0.717) is 0 Å². The molecule has 102 valence electrons. The van der Waals surface area contributed by atoms with Crippen LogP contribution in [0.4, 0.5) is 0 Å². The van der Waals surface area contributed by atoms with E-state index in [4.69, 9.17) is 9.84 Å². The maximum absolute atomic E-state index is 11.2. The lowest BCUT2D eigenvalue weighted by Gasteiger charge is -2.14. The Kier molecular flexibility index (Phi) is 3.97. The smallest absolute Gasteiger partial charge is 0.267 e. The summed E-state index contributed by atoms with van der Waals surface area (Å²) >= 11 is 0. The van der Waals surface area contributed by atoms with Crippen LogP contribution >= 0.6 is 0 Å².